The molecule has 1 aromatic carbocycles. The minimum Gasteiger partial charge on any atom is -0.331 e. The van der Waals surface area contributed by atoms with Gasteiger partial charge in [-0.2, -0.15) is 0 Å². The summed E-state index contributed by atoms with van der Waals surface area (Å²) in [5.41, 5.74) is 8.14. The van der Waals surface area contributed by atoms with E-state index in [1.165, 1.54) is 0 Å². The Bertz CT molecular complexity index is 468. The molecule has 2 rings (SSSR count). The Morgan fingerprint density at radius 2 is 2.00 bits per heavy atom. The van der Waals surface area contributed by atoms with Crippen LogP contribution in [0.5, 0.6) is 0 Å². The summed E-state index contributed by atoms with van der Waals surface area (Å²) in [6, 6.07) is 8.41. The molecule has 3 heteroatoms. The molecule has 0 spiro atoms. The first-order valence-corrected chi connectivity index (χ1v) is 6.09. The molecule has 17 heavy (non-hydrogen) atoms. The SMILES string of the molecule is CCCn1ccnc1-c1ccc(C(C)N)cc1. The fraction of sp³-hybridized carbons (Fsp3) is 0.357. The monoisotopic (exact) mass is 229 g/mol. The molecule has 0 fully saturated rings. The Labute approximate surface area is 102 Å². The molecule has 0 saturated heterocycles. The van der Waals surface area contributed by atoms with Gasteiger partial charge in [0.25, 0.3) is 0 Å². The first-order chi connectivity index (χ1) is 8.22. The number of nitrogens with two attached hydrogens (primary N) is 1. The lowest BCUT2D eigenvalue weighted by Crippen LogP contribution is -2.04. The van der Waals surface area contributed by atoms with Crippen molar-refractivity contribution in [2.24, 2.45) is 5.73 Å². The van der Waals surface area contributed by atoms with Crippen LogP contribution in [0.4, 0.5) is 0 Å². The van der Waals surface area contributed by atoms with Crippen LogP contribution in [0.3, 0.4) is 0 Å². The average Bonchev–Trinajstić information content (AvgIpc) is 2.78. The molecule has 2 N–H and O–H groups in total. The van der Waals surface area contributed by atoms with Crippen molar-refractivity contribution >= 4 is 0 Å². The van der Waals surface area contributed by atoms with E-state index >= 15 is 0 Å². The van der Waals surface area contributed by atoms with Gasteiger partial charge in [0, 0.05) is 30.5 Å². The van der Waals surface area contributed by atoms with Crippen LogP contribution in [0.25, 0.3) is 11.4 Å². The summed E-state index contributed by atoms with van der Waals surface area (Å²) in [6.45, 7) is 5.17. The molecule has 1 unspecified atom stereocenters. The van der Waals surface area contributed by atoms with Crippen molar-refractivity contribution in [1.82, 2.24) is 9.55 Å². The molecular formula is C14H19N3. The topological polar surface area (TPSA) is 43.8 Å². The van der Waals surface area contributed by atoms with Gasteiger partial charge in [0.1, 0.15) is 5.82 Å². The molecule has 2 aromatic rings. The average molecular weight is 229 g/mol. The Morgan fingerprint density at radius 1 is 1.29 bits per heavy atom. The van der Waals surface area contributed by atoms with E-state index in [1.807, 2.05) is 19.3 Å². The Hall–Kier alpha value is -1.61. The third-order valence-electron chi connectivity index (χ3n) is 2.87. The largest absolute Gasteiger partial charge is 0.331 e. The summed E-state index contributed by atoms with van der Waals surface area (Å²) < 4.78 is 2.18. The van der Waals surface area contributed by atoms with E-state index in [-0.39, 0.29) is 6.04 Å². The summed E-state index contributed by atoms with van der Waals surface area (Å²) in [7, 11) is 0. The molecule has 0 saturated carbocycles. The Morgan fingerprint density at radius 3 is 2.59 bits per heavy atom. The highest BCUT2D eigenvalue weighted by Crippen LogP contribution is 2.20. The normalized spacial score (nSPS) is 12.6. The molecule has 1 heterocycles. The molecule has 90 valence electrons. The zero-order valence-corrected chi connectivity index (χ0v) is 10.4. The molecule has 1 atom stereocenters. The summed E-state index contributed by atoms with van der Waals surface area (Å²) >= 11 is 0. The van der Waals surface area contributed by atoms with Crippen molar-refractivity contribution in [3.05, 3.63) is 42.2 Å². The van der Waals surface area contributed by atoms with E-state index < -0.39 is 0 Å². The second-order valence-corrected chi connectivity index (χ2v) is 4.35. The van der Waals surface area contributed by atoms with E-state index in [9.17, 15) is 0 Å². The highest BCUT2D eigenvalue weighted by atomic mass is 15.1. The number of aromatic nitrogens is 2. The maximum Gasteiger partial charge on any atom is 0.139 e. The van der Waals surface area contributed by atoms with Gasteiger partial charge in [0.05, 0.1) is 0 Å². The van der Waals surface area contributed by atoms with Crippen molar-refractivity contribution < 1.29 is 0 Å². The molecule has 1 aromatic heterocycles. The number of imidazole rings is 1. The smallest absolute Gasteiger partial charge is 0.139 e. The number of aryl methyl sites for hydroxylation is 1. The first kappa shape index (κ1) is 11.9. The summed E-state index contributed by atoms with van der Waals surface area (Å²) in [4.78, 5) is 4.41. The minimum atomic E-state index is 0.0828. The predicted octanol–water partition coefficient (Wildman–Crippen LogP) is 2.98. The first-order valence-electron chi connectivity index (χ1n) is 6.09. The van der Waals surface area contributed by atoms with Gasteiger partial charge in [-0.25, -0.2) is 4.98 Å². The van der Waals surface area contributed by atoms with Crippen LogP contribution in [0, 0.1) is 0 Å². The fourth-order valence-electron chi connectivity index (χ4n) is 1.93. The zero-order valence-electron chi connectivity index (χ0n) is 10.4. The molecule has 0 radical (unpaired) electrons. The molecule has 3 nitrogen and oxygen atoms in total. The van der Waals surface area contributed by atoms with Crippen LogP contribution >= 0.6 is 0 Å². The quantitative estimate of drug-likeness (QED) is 0.876. The molecule has 0 aliphatic carbocycles. The Balaban J connectivity index is 2.30. The van der Waals surface area contributed by atoms with Crippen molar-refractivity contribution in [3.63, 3.8) is 0 Å². The van der Waals surface area contributed by atoms with E-state index in [1.54, 1.807) is 0 Å². The van der Waals surface area contributed by atoms with Crippen LogP contribution < -0.4 is 5.73 Å². The maximum absolute atomic E-state index is 5.84. The number of hydrogen-bond donors (Lipinski definition) is 1. The van der Waals surface area contributed by atoms with Gasteiger partial charge >= 0.3 is 0 Å². The lowest BCUT2D eigenvalue weighted by Gasteiger charge is -2.08. The van der Waals surface area contributed by atoms with E-state index in [0.29, 0.717) is 0 Å². The number of rotatable bonds is 4. The van der Waals surface area contributed by atoms with E-state index in [0.717, 1.165) is 29.9 Å². The van der Waals surface area contributed by atoms with Gasteiger partial charge in [-0.15, -0.1) is 0 Å². The fourth-order valence-corrected chi connectivity index (χ4v) is 1.93. The van der Waals surface area contributed by atoms with Crippen LogP contribution in [0.1, 0.15) is 31.9 Å². The molecule has 0 bridgehead atoms. The van der Waals surface area contributed by atoms with Crippen molar-refractivity contribution in [3.8, 4) is 11.4 Å². The summed E-state index contributed by atoms with van der Waals surface area (Å²) in [5.74, 6) is 1.03. The third kappa shape index (κ3) is 2.56. The van der Waals surface area contributed by atoms with Gasteiger partial charge in [-0.1, -0.05) is 31.2 Å². The highest BCUT2D eigenvalue weighted by molar-refractivity contribution is 5.56. The second kappa shape index (κ2) is 5.15. The summed E-state index contributed by atoms with van der Waals surface area (Å²) in [5, 5.41) is 0. The molecule has 0 amide bonds. The molecular weight excluding hydrogens is 210 g/mol. The zero-order chi connectivity index (χ0) is 12.3. The Kier molecular flexibility index (Phi) is 3.59. The standard InChI is InChI=1S/C14H19N3/c1-3-9-17-10-8-16-14(17)13-6-4-12(5-7-13)11(2)15/h4-8,10-11H,3,9,15H2,1-2H3. The lowest BCUT2D eigenvalue weighted by molar-refractivity contribution is 0.685. The molecule has 0 aliphatic heterocycles. The van der Waals surface area contributed by atoms with Gasteiger partial charge in [0.15, 0.2) is 0 Å². The van der Waals surface area contributed by atoms with Gasteiger partial charge < -0.3 is 10.3 Å². The number of benzene rings is 1. The summed E-state index contributed by atoms with van der Waals surface area (Å²) in [6.07, 6.45) is 4.99. The predicted molar refractivity (Wildman–Crippen MR) is 70.6 cm³/mol. The third-order valence-corrected chi connectivity index (χ3v) is 2.87. The minimum absolute atomic E-state index is 0.0828. The van der Waals surface area contributed by atoms with Gasteiger partial charge in [-0.3, -0.25) is 0 Å². The van der Waals surface area contributed by atoms with Gasteiger partial charge in [0.2, 0.25) is 0 Å². The van der Waals surface area contributed by atoms with Gasteiger partial charge in [-0.05, 0) is 18.9 Å². The maximum atomic E-state index is 5.84. The lowest BCUT2D eigenvalue weighted by atomic mass is 10.1. The van der Waals surface area contributed by atoms with Crippen LogP contribution in [-0.2, 0) is 6.54 Å². The van der Waals surface area contributed by atoms with E-state index in [2.05, 4.69) is 40.7 Å². The number of nitrogens with zero attached hydrogens (tertiary/aromatic N) is 2. The van der Waals surface area contributed by atoms with E-state index in [4.69, 9.17) is 5.73 Å². The van der Waals surface area contributed by atoms with Crippen molar-refractivity contribution in [2.75, 3.05) is 0 Å². The highest BCUT2D eigenvalue weighted by Gasteiger charge is 2.06. The molecule has 0 aliphatic rings. The van der Waals surface area contributed by atoms with Crippen LogP contribution in [-0.4, -0.2) is 9.55 Å². The van der Waals surface area contributed by atoms with Crippen LogP contribution in [0.15, 0.2) is 36.7 Å². The van der Waals surface area contributed by atoms with Crippen LogP contribution in [0.2, 0.25) is 0 Å². The number of hydrogen-bond acceptors (Lipinski definition) is 2. The second-order valence-electron chi connectivity index (χ2n) is 4.35. The van der Waals surface area contributed by atoms with Crippen molar-refractivity contribution in [1.29, 1.82) is 0 Å². The van der Waals surface area contributed by atoms with Crippen molar-refractivity contribution in [2.45, 2.75) is 32.9 Å².